The smallest absolute Gasteiger partial charge is 0.255 e. The number of carbonyl (C=O) groups excluding carboxylic acids is 1. The Bertz CT molecular complexity index is 1320. The van der Waals surface area contributed by atoms with Crippen molar-refractivity contribution in [2.24, 2.45) is 5.92 Å². The number of anilines is 1. The minimum Gasteiger partial charge on any atom is -0.492 e. The van der Waals surface area contributed by atoms with E-state index in [0.717, 1.165) is 54.1 Å². The molecular formula is C30H32N4O2. The number of pyridine rings is 2. The second-order valence-corrected chi connectivity index (χ2v) is 9.50. The van der Waals surface area contributed by atoms with E-state index in [1.54, 1.807) is 24.5 Å². The first-order valence-corrected chi connectivity index (χ1v) is 12.7. The third-order valence-electron chi connectivity index (χ3n) is 6.86. The van der Waals surface area contributed by atoms with Gasteiger partial charge in [0.15, 0.2) is 0 Å². The van der Waals surface area contributed by atoms with E-state index in [1.165, 1.54) is 18.4 Å². The first-order valence-electron chi connectivity index (χ1n) is 12.7. The minimum absolute atomic E-state index is 0.111. The highest BCUT2D eigenvalue weighted by atomic mass is 16.5. The van der Waals surface area contributed by atoms with E-state index in [-0.39, 0.29) is 5.91 Å². The maximum absolute atomic E-state index is 12.4. The van der Waals surface area contributed by atoms with Gasteiger partial charge in [-0.2, -0.15) is 0 Å². The Morgan fingerprint density at radius 1 is 1.03 bits per heavy atom. The number of piperidine rings is 1. The van der Waals surface area contributed by atoms with Gasteiger partial charge in [0, 0.05) is 41.3 Å². The lowest BCUT2D eigenvalue weighted by molar-refractivity contribution is 0.102. The summed E-state index contributed by atoms with van der Waals surface area (Å²) in [5.41, 5.74) is 4.71. The molecule has 6 nitrogen and oxygen atoms in total. The van der Waals surface area contributed by atoms with Crippen molar-refractivity contribution in [1.82, 2.24) is 14.9 Å². The fraction of sp³-hybridized carbons (Fsp3) is 0.300. The van der Waals surface area contributed by atoms with Crippen molar-refractivity contribution >= 4 is 22.5 Å². The van der Waals surface area contributed by atoms with Gasteiger partial charge in [0.05, 0.1) is 5.52 Å². The molecule has 0 spiro atoms. The summed E-state index contributed by atoms with van der Waals surface area (Å²) in [5.74, 6) is 1.45. The zero-order valence-corrected chi connectivity index (χ0v) is 20.7. The average Bonchev–Trinajstić information content (AvgIpc) is 2.90. The molecule has 1 aliphatic rings. The molecule has 4 aromatic rings. The summed E-state index contributed by atoms with van der Waals surface area (Å²) >= 11 is 0. The molecule has 1 N–H and O–H groups in total. The maximum Gasteiger partial charge on any atom is 0.255 e. The van der Waals surface area contributed by atoms with Crippen molar-refractivity contribution in [2.45, 2.75) is 26.2 Å². The number of likely N-dealkylation sites (tertiary alicyclic amines) is 1. The number of amides is 1. The van der Waals surface area contributed by atoms with Crippen LogP contribution in [0, 0.1) is 12.8 Å². The van der Waals surface area contributed by atoms with E-state index in [9.17, 15) is 4.79 Å². The molecule has 36 heavy (non-hydrogen) atoms. The van der Waals surface area contributed by atoms with Crippen LogP contribution in [0.25, 0.3) is 10.9 Å². The van der Waals surface area contributed by atoms with Crippen molar-refractivity contribution < 1.29 is 9.53 Å². The summed E-state index contributed by atoms with van der Waals surface area (Å²) in [6.45, 7) is 5.79. The molecule has 5 rings (SSSR count). The number of carbonyl (C=O) groups is 1. The lowest BCUT2D eigenvalue weighted by Gasteiger charge is -2.32. The van der Waals surface area contributed by atoms with Crippen molar-refractivity contribution in [2.75, 3.05) is 31.6 Å². The predicted molar refractivity (Wildman–Crippen MR) is 143 cm³/mol. The van der Waals surface area contributed by atoms with Crippen LogP contribution in [0.1, 0.15) is 34.5 Å². The van der Waals surface area contributed by atoms with Crippen molar-refractivity contribution in [3.63, 3.8) is 0 Å². The molecule has 184 valence electrons. The number of hydrogen-bond donors (Lipinski definition) is 1. The zero-order chi connectivity index (χ0) is 24.7. The quantitative estimate of drug-likeness (QED) is 0.359. The molecule has 2 aromatic heterocycles. The number of aryl methyl sites for hydroxylation is 1. The molecule has 1 amide bonds. The van der Waals surface area contributed by atoms with Crippen molar-refractivity contribution in [3.8, 4) is 5.75 Å². The number of benzene rings is 2. The second-order valence-electron chi connectivity index (χ2n) is 9.50. The molecule has 0 unspecified atom stereocenters. The standard InChI is InChI=1S/C30H32N4O2/c1-22-8-9-27-28(32-22)6-3-7-29(27)36-19-18-34-16-12-23(13-17-34)20-24-4-2-5-26(21-24)33-30(35)25-10-14-31-15-11-25/h2-11,14-15,21,23H,12-13,16-20H2,1H3,(H,33,35). The lowest BCUT2D eigenvalue weighted by Crippen LogP contribution is -2.37. The van der Waals surface area contributed by atoms with Crippen molar-refractivity contribution in [1.29, 1.82) is 0 Å². The Balaban J connectivity index is 1.08. The molecule has 0 bridgehead atoms. The third-order valence-corrected chi connectivity index (χ3v) is 6.86. The van der Waals surface area contributed by atoms with Crippen LogP contribution in [0.5, 0.6) is 5.75 Å². The largest absolute Gasteiger partial charge is 0.492 e. The Morgan fingerprint density at radius 3 is 2.67 bits per heavy atom. The van der Waals surface area contributed by atoms with E-state index in [0.29, 0.717) is 18.1 Å². The molecule has 1 saturated heterocycles. The number of rotatable bonds is 8. The van der Waals surface area contributed by atoms with Gasteiger partial charge in [-0.05, 0) is 99.3 Å². The number of hydrogen-bond acceptors (Lipinski definition) is 5. The normalized spacial score (nSPS) is 14.6. The molecule has 6 heteroatoms. The Kier molecular flexibility index (Phi) is 7.52. The van der Waals surface area contributed by atoms with Crippen LogP contribution in [-0.2, 0) is 6.42 Å². The highest BCUT2D eigenvalue weighted by molar-refractivity contribution is 6.04. The van der Waals surface area contributed by atoms with Crippen LogP contribution in [0.3, 0.4) is 0 Å². The molecule has 0 radical (unpaired) electrons. The molecule has 1 fully saturated rings. The van der Waals surface area contributed by atoms with Gasteiger partial charge in [0.1, 0.15) is 12.4 Å². The number of fused-ring (bicyclic) bond motifs is 1. The molecule has 0 atom stereocenters. The van der Waals surface area contributed by atoms with Crippen LogP contribution >= 0.6 is 0 Å². The first kappa shape index (κ1) is 23.9. The Morgan fingerprint density at radius 2 is 1.83 bits per heavy atom. The SMILES string of the molecule is Cc1ccc2c(OCCN3CCC(Cc4cccc(NC(=O)c5ccncc5)c4)CC3)cccc2n1. The van der Waals surface area contributed by atoms with Crippen LogP contribution in [-0.4, -0.2) is 47.0 Å². The minimum atomic E-state index is -0.111. The fourth-order valence-corrected chi connectivity index (χ4v) is 4.87. The van der Waals surface area contributed by atoms with Gasteiger partial charge in [0.2, 0.25) is 0 Å². The van der Waals surface area contributed by atoms with E-state index in [2.05, 4.69) is 38.4 Å². The molecule has 1 aliphatic heterocycles. The van der Waals surface area contributed by atoms with E-state index in [4.69, 9.17) is 4.74 Å². The summed E-state index contributed by atoms with van der Waals surface area (Å²) < 4.78 is 6.14. The number of ether oxygens (including phenoxy) is 1. The van der Waals surface area contributed by atoms with Crippen LogP contribution in [0.2, 0.25) is 0 Å². The van der Waals surface area contributed by atoms with Crippen LogP contribution in [0.15, 0.2) is 79.1 Å². The van der Waals surface area contributed by atoms with Gasteiger partial charge >= 0.3 is 0 Å². The number of nitrogens with one attached hydrogen (secondary N) is 1. The average molecular weight is 481 g/mol. The monoisotopic (exact) mass is 480 g/mol. The first-order chi connectivity index (χ1) is 17.6. The van der Waals surface area contributed by atoms with E-state index in [1.807, 2.05) is 43.3 Å². The van der Waals surface area contributed by atoms with Gasteiger partial charge in [-0.15, -0.1) is 0 Å². The predicted octanol–water partition coefficient (Wildman–Crippen LogP) is 5.52. The zero-order valence-electron chi connectivity index (χ0n) is 20.7. The molecule has 0 saturated carbocycles. The summed E-state index contributed by atoms with van der Waals surface area (Å²) in [7, 11) is 0. The number of aromatic nitrogens is 2. The highest BCUT2D eigenvalue weighted by Crippen LogP contribution is 2.26. The summed E-state index contributed by atoms with van der Waals surface area (Å²) in [6.07, 6.45) is 6.64. The Labute approximate surface area is 212 Å². The van der Waals surface area contributed by atoms with Gasteiger partial charge < -0.3 is 10.1 Å². The summed E-state index contributed by atoms with van der Waals surface area (Å²) in [6, 6.07) is 21.9. The van der Waals surface area contributed by atoms with Crippen LogP contribution in [0.4, 0.5) is 5.69 Å². The van der Waals surface area contributed by atoms with Crippen molar-refractivity contribution in [3.05, 3.63) is 95.9 Å². The second kappa shape index (κ2) is 11.3. The van der Waals surface area contributed by atoms with Gasteiger partial charge in [0.25, 0.3) is 5.91 Å². The van der Waals surface area contributed by atoms with E-state index < -0.39 is 0 Å². The van der Waals surface area contributed by atoms with E-state index >= 15 is 0 Å². The molecule has 0 aliphatic carbocycles. The molecule has 2 aromatic carbocycles. The summed E-state index contributed by atoms with van der Waals surface area (Å²) in [5, 5.41) is 4.07. The highest BCUT2D eigenvalue weighted by Gasteiger charge is 2.20. The van der Waals surface area contributed by atoms with Gasteiger partial charge in [-0.3, -0.25) is 19.7 Å². The fourth-order valence-electron chi connectivity index (χ4n) is 4.87. The molecular weight excluding hydrogens is 448 g/mol. The number of nitrogens with zero attached hydrogens (tertiary/aromatic N) is 3. The van der Waals surface area contributed by atoms with Gasteiger partial charge in [-0.1, -0.05) is 18.2 Å². The maximum atomic E-state index is 12.4. The Hall–Kier alpha value is -3.77. The van der Waals surface area contributed by atoms with Crippen LogP contribution < -0.4 is 10.1 Å². The van der Waals surface area contributed by atoms with Gasteiger partial charge in [-0.25, -0.2) is 0 Å². The topological polar surface area (TPSA) is 67.3 Å². The molecule has 3 heterocycles. The third kappa shape index (κ3) is 6.07. The lowest BCUT2D eigenvalue weighted by atomic mass is 9.90. The summed E-state index contributed by atoms with van der Waals surface area (Å²) in [4.78, 5) is 23.5.